The summed E-state index contributed by atoms with van der Waals surface area (Å²) in [5, 5.41) is 3.26. The van der Waals surface area contributed by atoms with Crippen LogP contribution < -0.4 is 5.32 Å². The molecule has 0 aromatic carbocycles. The third-order valence-electron chi connectivity index (χ3n) is 2.28. The first-order chi connectivity index (χ1) is 5.51. The van der Waals surface area contributed by atoms with Crippen LogP contribution in [0.4, 0.5) is 0 Å². The van der Waals surface area contributed by atoms with E-state index in [1.807, 2.05) is 0 Å². The molecule has 1 rings (SSSR count). The van der Waals surface area contributed by atoms with E-state index in [0.717, 1.165) is 13.0 Å². The van der Waals surface area contributed by atoms with Gasteiger partial charge >= 0.3 is 0 Å². The summed E-state index contributed by atoms with van der Waals surface area (Å²) in [4.78, 5) is 0. The molecule has 4 heteroatoms. The lowest BCUT2D eigenvalue weighted by Gasteiger charge is -2.18. The van der Waals surface area contributed by atoms with E-state index in [4.69, 9.17) is 0 Å². The fraction of sp³-hybridized carbons (Fsp3) is 1.00. The molecule has 1 aliphatic rings. The van der Waals surface area contributed by atoms with Crippen LogP contribution in [-0.4, -0.2) is 32.5 Å². The molecule has 1 saturated heterocycles. The third kappa shape index (κ3) is 2.75. The first kappa shape index (κ1) is 9.99. The highest BCUT2D eigenvalue weighted by Gasteiger charge is 2.23. The van der Waals surface area contributed by atoms with Gasteiger partial charge in [0.1, 0.15) is 0 Å². The Morgan fingerprint density at radius 3 is 2.67 bits per heavy atom. The summed E-state index contributed by atoms with van der Waals surface area (Å²) in [5.41, 5.74) is 0. The van der Waals surface area contributed by atoms with Crippen molar-refractivity contribution in [3.63, 3.8) is 0 Å². The summed E-state index contributed by atoms with van der Waals surface area (Å²) in [6.45, 7) is 4.94. The molecule has 1 atom stereocenters. The summed E-state index contributed by atoms with van der Waals surface area (Å²) in [5.74, 6) is 1.06. The van der Waals surface area contributed by atoms with Crippen molar-refractivity contribution in [3.05, 3.63) is 0 Å². The first-order valence-corrected chi connectivity index (χ1v) is 6.27. The topological polar surface area (TPSA) is 46.2 Å². The van der Waals surface area contributed by atoms with E-state index in [-0.39, 0.29) is 6.04 Å². The van der Waals surface area contributed by atoms with Crippen molar-refractivity contribution in [1.82, 2.24) is 5.32 Å². The number of sulfone groups is 1. The first-order valence-electron chi connectivity index (χ1n) is 4.45. The Labute approximate surface area is 74.5 Å². The maximum absolute atomic E-state index is 11.3. The van der Waals surface area contributed by atoms with E-state index in [1.54, 1.807) is 0 Å². The average Bonchev–Trinajstić information content (AvgIpc) is 2.10. The average molecular weight is 191 g/mol. The minimum absolute atomic E-state index is 0.150. The van der Waals surface area contributed by atoms with Gasteiger partial charge < -0.3 is 5.32 Å². The van der Waals surface area contributed by atoms with Gasteiger partial charge in [-0.05, 0) is 18.9 Å². The summed E-state index contributed by atoms with van der Waals surface area (Å²) < 4.78 is 22.7. The Morgan fingerprint density at radius 2 is 2.08 bits per heavy atom. The van der Waals surface area contributed by atoms with E-state index in [0.29, 0.717) is 17.4 Å². The van der Waals surface area contributed by atoms with Crippen LogP contribution in [-0.2, 0) is 9.84 Å². The number of hydrogen-bond donors (Lipinski definition) is 1. The molecular formula is C8H17NO2S. The zero-order valence-electron chi connectivity index (χ0n) is 7.71. The molecule has 0 saturated carbocycles. The van der Waals surface area contributed by atoms with Crippen LogP contribution in [0.15, 0.2) is 0 Å². The lowest BCUT2D eigenvalue weighted by Crippen LogP contribution is -2.37. The van der Waals surface area contributed by atoms with Gasteiger partial charge in [0.25, 0.3) is 0 Å². The minimum Gasteiger partial charge on any atom is -0.313 e. The minimum atomic E-state index is -2.78. The molecule has 0 radical (unpaired) electrons. The molecule has 0 aromatic rings. The standard InChI is InChI=1S/C8H17NO2S/c1-7(2)8-6-12(10,11)5-3-4-9-8/h7-9H,3-6H2,1-2H3. The van der Waals surface area contributed by atoms with Gasteiger partial charge in [0.15, 0.2) is 9.84 Å². The van der Waals surface area contributed by atoms with Gasteiger partial charge in [0.05, 0.1) is 11.5 Å². The molecule has 0 amide bonds. The smallest absolute Gasteiger partial charge is 0.151 e. The number of rotatable bonds is 1. The monoisotopic (exact) mass is 191 g/mol. The van der Waals surface area contributed by atoms with Gasteiger partial charge in [-0.3, -0.25) is 0 Å². The van der Waals surface area contributed by atoms with Crippen LogP contribution in [0, 0.1) is 5.92 Å². The van der Waals surface area contributed by atoms with E-state index in [1.165, 1.54) is 0 Å². The molecule has 72 valence electrons. The predicted molar refractivity (Wildman–Crippen MR) is 49.9 cm³/mol. The lowest BCUT2D eigenvalue weighted by atomic mass is 10.1. The Hall–Kier alpha value is -0.0900. The fourth-order valence-corrected chi connectivity index (χ4v) is 3.22. The normalized spacial score (nSPS) is 30.1. The molecule has 0 bridgehead atoms. The van der Waals surface area contributed by atoms with Gasteiger partial charge in [-0.1, -0.05) is 13.8 Å². The van der Waals surface area contributed by atoms with Crippen LogP contribution in [0.3, 0.4) is 0 Å². The van der Waals surface area contributed by atoms with Gasteiger partial charge in [-0.25, -0.2) is 8.42 Å². The highest BCUT2D eigenvalue weighted by molar-refractivity contribution is 7.91. The predicted octanol–water partition coefficient (Wildman–Crippen LogP) is 0.419. The van der Waals surface area contributed by atoms with Crippen LogP contribution >= 0.6 is 0 Å². The zero-order chi connectivity index (χ0) is 9.19. The highest BCUT2D eigenvalue weighted by Crippen LogP contribution is 2.09. The lowest BCUT2D eigenvalue weighted by molar-refractivity contribution is 0.435. The van der Waals surface area contributed by atoms with E-state index >= 15 is 0 Å². The molecule has 1 N–H and O–H groups in total. The van der Waals surface area contributed by atoms with Gasteiger partial charge in [-0.2, -0.15) is 0 Å². The fourth-order valence-electron chi connectivity index (χ4n) is 1.42. The van der Waals surface area contributed by atoms with Crippen LogP contribution in [0.25, 0.3) is 0 Å². The third-order valence-corrected chi connectivity index (χ3v) is 4.05. The summed E-state index contributed by atoms with van der Waals surface area (Å²) in [6, 6.07) is 0.150. The summed E-state index contributed by atoms with van der Waals surface area (Å²) >= 11 is 0. The number of hydrogen-bond acceptors (Lipinski definition) is 3. The highest BCUT2D eigenvalue weighted by atomic mass is 32.2. The second-order valence-electron chi connectivity index (χ2n) is 3.77. The molecule has 0 spiro atoms. The Bertz CT molecular complexity index is 233. The number of nitrogens with one attached hydrogen (secondary N) is 1. The second kappa shape index (κ2) is 3.75. The van der Waals surface area contributed by atoms with E-state index in [2.05, 4.69) is 19.2 Å². The summed E-state index contributed by atoms with van der Waals surface area (Å²) in [7, 11) is -2.78. The van der Waals surface area contributed by atoms with Crippen molar-refractivity contribution < 1.29 is 8.42 Å². The molecular weight excluding hydrogens is 174 g/mol. The van der Waals surface area contributed by atoms with Gasteiger partial charge in [-0.15, -0.1) is 0 Å². The molecule has 0 aromatic heterocycles. The van der Waals surface area contributed by atoms with Crippen molar-refractivity contribution >= 4 is 9.84 Å². The van der Waals surface area contributed by atoms with Crippen molar-refractivity contribution in [2.24, 2.45) is 5.92 Å². The van der Waals surface area contributed by atoms with Crippen LogP contribution in [0.5, 0.6) is 0 Å². The maximum Gasteiger partial charge on any atom is 0.151 e. The zero-order valence-corrected chi connectivity index (χ0v) is 8.52. The van der Waals surface area contributed by atoms with Crippen molar-refractivity contribution in [2.45, 2.75) is 26.3 Å². The Kier molecular flexibility index (Phi) is 3.12. The Balaban J connectivity index is 2.67. The van der Waals surface area contributed by atoms with E-state index < -0.39 is 9.84 Å². The quantitative estimate of drug-likeness (QED) is 0.653. The SMILES string of the molecule is CC(C)C1CS(=O)(=O)CCCN1. The molecule has 1 aliphatic heterocycles. The maximum atomic E-state index is 11.3. The van der Waals surface area contributed by atoms with Crippen LogP contribution in [0.2, 0.25) is 0 Å². The molecule has 1 fully saturated rings. The molecule has 12 heavy (non-hydrogen) atoms. The van der Waals surface area contributed by atoms with Crippen molar-refractivity contribution in [2.75, 3.05) is 18.1 Å². The molecule has 0 aliphatic carbocycles. The van der Waals surface area contributed by atoms with Gasteiger partial charge in [0, 0.05) is 6.04 Å². The largest absolute Gasteiger partial charge is 0.313 e. The molecule has 1 heterocycles. The van der Waals surface area contributed by atoms with Crippen molar-refractivity contribution in [1.29, 1.82) is 0 Å². The summed E-state index contributed by atoms with van der Waals surface area (Å²) in [6.07, 6.45) is 0.756. The Morgan fingerprint density at radius 1 is 1.42 bits per heavy atom. The molecule has 1 unspecified atom stereocenters. The van der Waals surface area contributed by atoms with Crippen molar-refractivity contribution in [3.8, 4) is 0 Å². The van der Waals surface area contributed by atoms with E-state index in [9.17, 15) is 8.42 Å². The molecule has 3 nitrogen and oxygen atoms in total. The second-order valence-corrected chi connectivity index (χ2v) is 6.00. The van der Waals surface area contributed by atoms with Crippen LogP contribution in [0.1, 0.15) is 20.3 Å². The van der Waals surface area contributed by atoms with Gasteiger partial charge in [0.2, 0.25) is 0 Å².